The zero-order valence-corrected chi connectivity index (χ0v) is 13.1. The van der Waals surface area contributed by atoms with Gasteiger partial charge in [-0.15, -0.1) is 0 Å². The van der Waals surface area contributed by atoms with Gasteiger partial charge in [-0.2, -0.15) is 0 Å². The number of aliphatic hydroxyl groups is 1. The maximum atomic E-state index is 10.4. The van der Waals surface area contributed by atoms with E-state index in [9.17, 15) is 5.11 Å². The van der Waals surface area contributed by atoms with Gasteiger partial charge >= 0.3 is 0 Å². The van der Waals surface area contributed by atoms with Crippen LogP contribution >= 0.6 is 0 Å². The van der Waals surface area contributed by atoms with E-state index in [1.807, 2.05) is 25.3 Å². The minimum absolute atomic E-state index is 0.0972. The molecule has 0 radical (unpaired) electrons. The normalized spacial score (nSPS) is 13.5. The molecule has 0 bridgehead atoms. The Kier molecular flexibility index (Phi) is 5.75. The smallest absolute Gasteiger partial charge is 0.124 e. The van der Waals surface area contributed by atoms with E-state index in [0.29, 0.717) is 23.6 Å². The molecule has 2 aromatic rings. The van der Waals surface area contributed by atoms with E-state index in [-0.39, 0.29) is 6.04 Å². The van der Waals surface area contributed by atoms with Gasteiger partial charge in [-0.25, -0.2) is 0 Å². The van der Waals surface area contributed by atoms with E-state index in [1.165, 1.54) is 0 Å². The van der Waals surface area contributed by atoms with E-state index >= 15 is 0 Å². The Hall–Kier alpha value is -2.11. The Labute approximate surface area is 130 Å². The highest BCUT2D eigenvalue weighted by atomic mass is 16.5. The Morgan fingerprint density at radius 3 is 2.68 bits per heavy atom. The number of benzene rings is 1. The maximum Gasteiger partial charge on any atom is 0.124 e. The Morgan fingerprint density at radius 1 is 1.23 bits per heavy atom. The molecule has 1 heterocycles. The van der Waals surface area contributed by atoms with Gasteiger partial charge in [0.1, 0.15) is 11.5 Å². The van der Waals surface area contributed by atoms with E-state index in [1.54, 1.807) is 38.6 Å². The van der Waals surface area contributed by atoms with Crippen molar-refractivity contribution in [3.63, 3.8) is 0 Å². The molecule has 0 amide bonds. The van der Waals surface area contributed by atoms with Crippen molar-refractivity contribution < 1.29 is 14.6 Å². The second-order valence-corrected chi connectivity index (χ2v) is 5.04. The summed E-state index contributed by atoms with van der Waals surface area (Å²) in [5.41, 5.74) is 1.78. The lowest BCUT2D eigenvalue weighted by Gasteiger charge is -2.19. The molecule has 22 heavy (non-hydrogen) atoms. The third kappa shape index (κ3) is 3.96. The van der Waals surface area contributed by atoms with Crippen LogP contribution in [0.5, 0.6) is 11.5 Å². The number of methoxy groups -OCH3 is 2. The van der Waals surface area contributed by atoms with Crippen LogP contribution in [0.1, 0.15) is 30.2 Å². The Balaban J connectivity index is 2.04. The van der Waals surface area contributed by atoms with Gasteiger partial charge in [0.25, 0.3) is 0 Å². The van der Waals surface area contributed by atoms with Crippen LogP contribution in [-0.4, -0.2) is 30.9 Å². The fourth-order valence-electron chi connectivity index (χ4n) is 2.25. The van der Waals surface area contributed by atoms with Crippen LogP contribution in [0.25, 0.3) is 0 Å². The van der Waals surface area contributed by atoms with Crippen molar-refractivity contribution >= 4 is 0 Å². The van der Waals surface area contributed by atoms with Crippen LogP contribution in [0, 0.1) is 0 Å². The Bertz CT molecular complexity index is 590. The molecule has 5 heteroatoms. The summed E-state index contributed by atoms with van der Waals surface area (Å²) in [6, 6.07) is 9.39. The summed E-state index contributed by atoms with van der Waals surface area (Å²) in [4.78, 5) is 4.10. The van der Waals surface area contributed by atoms with Crippen LogP contribution in [0.2, 0.25) is 0 Å². The maximum absolute atomic E-state index is 10.4. The molecule has 2 atom stereocenters. The van der Waals surface area contributed by atoms with Gasteiger partial charge in [-0.3, -0.25) is 4.98 Å². The van der Waals surface area contributed by atoms with E-state index in [0.717, 1.165) is 5.56 Å². The van der Waals surface area contributed by atoms with Gasteiger partial charge in [-0.1, -0.05) is 6.07 Å². The highest BCUT2D eigenvalue weighted by Crippen LogP contribution is 2.29. The van der Waals surface area contributed by atoms with Gasteiger partial charge in [-0.05, 0) is 36.8 Å². The highest BCUT2D eigenvalue weighted by molar-refractivity contribution is 5.41. The minimum Gasteiger partial charge on any atom is -0.497 e. The van der Waals surface area contributed by atoms with Crippen molar-refractivity contribution in [1.29, 1.82) is 0 Å². The van der Waals surface area contributed by atoms with Gasteiger partial charge < -0.3 is 19.9 Å². The number of ether oxygens (including phenoxy) is 2. The molecule has 2 N–H and O–H groups in total. The third-order valence-corrected chi connectivity index (χ3v) is 3.60. The monoisotopic (exact) mass is 302 g/mol. The molecule has 0 aliphatic heterocycles. The molecule has 118 valence electrons. The van der Waals surface area contributed by atoms with Crippen molar-refractivity contribution in [3.8, 4) is 11.5 Å². The van der Waals surface area contributed by atoms with Crippen molar-refractivity contribution in [2.75, 3.05) is 20.8 Å². The molecular formula is C17H22N2O3. The van der Waals surface area contributed by atoms with Crippen LogP contribution in [0.3, 0.4) is 0 Å². The predicted molar refractivity (Wildman–Crippen MR) is 85.2 cm³/mol. The average Bonchev–Trinajstić information content (AvgIpc) is 2.59. The molecule has 2 unspecified atom stereocenters. The quantitative estimate of drug-likeness (QED) is 0.822. The standard InChI is InChI=1S/C17H22N2O3/c1-12(13-5-4-8-18-10-13)19-11-16(20)15-9-14(21-2)6-7-17(15)22-3/h4-10,12,16,19-20H,11H2,1-3H3. The van der Waals surface area contributed by atoms with Gasteiger partial charge in [0.15, 0.2) is 0 Å². The molecule has 0 fully saturated rings. The summed E-state index contributed by atoms with van der Waals surface area (Å²) in [6.45, 7) is 2.44. The summed E-state index contributed by atoms with van der Waals surface area (Å²) in [5, 5.41) is 13.7. The first-order valence-electron chi connectivity index (χ1n) is 7.19. The predicted octanol–water partition coefficient (Wildman–Crippen LogP) is 2.48. The molecular weight excluding hydrogens is 280 g/mol. The second-order valence-electron chi connectivity index (χ2n) is 5.04. The van der Waals surface area contributed by atoms with Crippen molar-refractivity contribution in [1.82, 2.24) is 10.3 Å². The van der Waals surface area contributed by atoms with Crippen LogP contribution in [0.4, 0.5) is 0 Å². The highest BCUT2D eigenvalue weighted by Gasteiger charge is 2.16. The molecule has 0 spiro atoms. The summed E-state index contributed by atoms with van der Waals surface area (Å²) in [5.74, 6) is 1.33. The van der Waals surface area contributed by atoms with Gasteiger partial charge in [0, 0.05) is 30.5 Å². The largest absolute Gasteiger partial charge is 0.497 e. The first-order chi connectivity index (χ1) is 10.7. The lowest BCUT2D eigenvalue weighted by molar-refractivity contribution is 0.166. The number of hydrogen-bond acceptors (Lipinski definition) is 5. The van der Waals surface area contributed by atoms with Gasteiger partial charge in [0.2, 0.25) is 0 Å². The molecule has 0 saturated carbocycles. The summed E-state index contributed by atoms with van der Waals surface area (Å²) >= 11 is 0. The third-order valence-electron chi connectivity index (χ3n) is 3.60. The Morgan fingerprint density at radius 2 is 2.05 bits per heavy atom. The summed E-state index contributed by atoms with van der Waals surface area (Å²) < 4.78 is 10.5. The van der Waals surface area contributed by atoms with Crippen molar-refractivity contribution in [3.05, 3.63) is 53.9 Å². The van der Waals surface area contributed by atoms with Crippen LogP contribution < -0.4 is 14.8 Å². The molecule has 0 saturated heterocycles. The SMILES string of the molecule is COc1ccc(OC)c(C(O)CNC(C)c2cccnc2)c1. The zero-order valence-electron chi connectivity index (χ0n) is 13.1. The first kappa shape index (κ1) is 16.3. The topological polar surface area (TPSA) is 63.6 Å². The zero-order chi connectivity index (χ0) is 15.9. The summed E-state index contributed by atoms with van der Waals surface area (Å²) in [7, 11) is 3.18. The number of hydrogen-bond donors (Lipinski definition) is 2. The van der Waals surface area contributed by atoms with Crippen LogP contribution in [-0.2, 0) is 0 Å². The van der Waals surface area contributed by atoms with Crippen molar-refractivity contribution in [2.24, 2.45) is 0 Å². The van der Waals surface area contributed by atoms with Crippen molar-refractivity contribution in [2.45, 2.75) is 19.1 Å². The number of rotatable bonds is 7. The molecule has 1 aromatic heterocycles. The minimum atomic E-state index is -0.691. The molecule has 1 aromatic carbocycles. The molecule has 0 aliphatic rings. The number of nitrogens with zero attached hydrogens (tertiary/aromatic N) is 1. The van der Waals surface area contributed by atoms with E-state index in [2.05, 4.69) is 10.3 Å². The molecule has 2 rings (SSSR count). The second kappa shape index (κ2) is 7.77. The fraction of sp³-hybridized carbons (Fsp3) is 0.353. The molecule has 0 aliphatic carbocycles. The average molecular weight is 302 g/mol. The van der Waals surface area contributed by atoms with Gasteiger partial charge in [0.05, 0.1) is 20.3 Å². The van der Waals surface area contributed by atoms with Crippen LogP contribution in [0.15, 0.2) is 42.7 Å². The fourth-order valence-corrected chi connectivity index (χ4v) is 2.25. The number of nitrogens with one attached hydrogen (secondary N) is 1. The first-order valence-corrected chi connectivity index (χ1v) is 7.19. The molecule has 5 nitrogen and oxygen atoms in total. The van der Waals surface area contributed by atoms with E-state index < -0.39 is 6.10 Å². The lowest BCUT2D eigenvalue weighted by atomic mass is 10.1. The lowest BCUT2D eigenvalue weighted by Crippen LogP contribution is -2.25. The number of pyridine rings is 1. The summed E-state index contributed by atoms with van der Waals surface area (Å²) in [6.07, 6.45) is 2.87. The number of aromatic nitrogens is 1. The number of aliphatic hydroxyl groups excluding tert-OH is 1. The van der Waals surface area contributed by atoms with E-state index in [4.69, 9.17) is 9.47 Å².